The van der Waals surface area contributed by atoms with Gasteiger partial charge in [-0.2, -0.15) is 0 Å². The van der Waals surface area contributed by atoms with E-state index in [2.05, 4.69) is 4.98 Å². The van der Waals surface area contributed by atoms with Crippen molar-refractivity contribution < 1.29 is 4.79 Å². The van der Waals surface area contributed by atoms with Gasteiger partial charge < -0.3 is 10.6 Å². The van der Waals surface area contributed by atoms with E-state index in [1.165, 1.54) is 5.56 Å². The topological polar surface area (TPSA) is 59.2 Å². The minimum Gasteiger partial charge on any atom is -0.336 e. The molecule has 0 aromatic carbocycles. The molecule has 1 fully saturated rings. The van der Waals surface area contributed by atoms with E-state index < -0.39 is 0 Å². The first-order chi connectivity index (χ1) is 8.68. The van der Waals surface area contributed by atoms with E-state index in [9.17, 15) is 4.79 Å². The van der Waals surface area contributed by atoms with Crippen LogP contribution in [0.15, 0.2) is 24.5 Å². The molecule has 2 atom stereocenters. The summed E-state index contributed by atoms with van der Waals surface area (Å²) in [5, 5.41) is 0. The second kappa shape index (κ2) is 5.96. The Labute approximate surface area is 108 Å². The lowest BCUT2D eigenvalue weighted by atomic mass is 10.1. The van der Waals surface area contributed by atoms with E-state index >= 15 is 0 Å². The summed E-state index contributed by atoms with van der Waals surface area (Å²) in [5.41, 5.74) is 6.90. The Hall–Kier alpha value is -1.42. The molecule has 0 saturated carbocycles. The zero-order chi connectivity index (χ0) is 13.0. The molecule has 0 radical (unpaired) electrons. The van der Waals surface area contributed by atoms with Crippen LogP contribution in [0.5, 0.6) is 0 Å². The molecule has 1 amide bonds. The number of pyridine rings is 1. The number of rotatable bonds is 4. The van der Waals surface area contributed by atoms with Gasteiger partial charge in [-0.05, 0) is 43.9 Å². The molecule has 0 bridgehead atoms. The van der Waals surface area contributed by atoms with Gasteiger partial charge in [-0.1, -0.05) is 0 Å². The van der Waals surface area contributed by atoms with Crippen LogP contribution < -0.4 is 5.73 Å². The Kier molecular flexibility index (Phi) is 4.31. The number of hydrogen-bond acceptors (Lipinski definition) is 3. The van der Waals surface area contributed by atoms with E-state index in [0.29, 0.717) is 6.42 Å². The van der Waals surface area contributed by atoms with Crippen LogP contribution in [0.25, 0.3) is 0 Å². The van der Waals surface area contributed by atoms with Crippen LogP contribution in [-0.2, 0) is 4.79 Å². The monoisotopic (exact) mass is 247 g/mol. The molecule has 1 aliphatic heterocycles. The van der Waals surface area contributed by atoms with Gasteiger partial charge in [-0.15, -0.1) is 0 Å². The van der Waals surface area contributed by atoms with Crippen molar-refractivity contribution in [3.63, 3.8) is 0 Å². The SMILES string of the molecule is CC(N)CCC(=O)N1CCCC1c1ccncc1. The van der Waals surface area contributed by atoms with Crippen LogP contribution in [0.2, 0.25) is 0 Å². The first-order valence-corrected chi connectivity index (χ1v) is 6.63. The highest BCUT2D eigenvalue weighted by Crippen LogP contribution is 2.32. The summed E-state index contributed by atoms with van der Waals surface area (Å²) >= 11 is 0. The number of amides is 1. The average molecular weight is 247 g/mol. The lowest BCUT2D eigenvalue weighted by Crippen LogP contribution is -2.31. The summed E-state index contributed by atoms with van der Waals surface area (Å²) in [6.07, 6.45) is 7.03. The third-order valence-electron chi connectivity index (χ3n) is 3.48. The Morgan fingerprint density at radius 1 is 1.56 bits per heavy atom. The van der Waals surface area contributed by atoms with Gasteiger partial charge in [0.15, 0.2) is 0 Å². The summed E-state index contributed by atoms with van der Waals surface area (Å²) in [5.74, 6) is 0.228. The van der Waals surface area contributed by atoms with Crippen molar-refractivity contribution in [2.24, 2.45) is 5.73 Å². The Morgan fingerprint density at radius 3 is 2.94 bits per heavy atom. The van der Waals surface area contributed by atoms with Gasteiger partial charge in [-0.25, -0.2) is 0 Å². The second-order valence-corrected chi connectivity index (χ2v) is 5.04. The van der Waals surface area contributed by atoms with Crippen molar-refractivity contribution in [3.05, 3.63) is 30.1 Å². The van der Waals surface area contributed by atoms with E-state index in [4.69, 9.17) is 5.73 Å². The maximum Gasteiger partial charge on any atom is 0.223 e. The molecule has 0 spiro atoms. The van der Waals surface area contributed by atoms with Gasteiger partial charge in [0, 0.05) is 31.4 Å². The molecule has 1 aliphatic rings. The Bertz CT molecular complexity index is 391. The van der Waals surface area contributed by atoms with Crippen molar-refractivity contribution in [3.8, 4) is 0 Å². The summed E-state index contributed by atoms with van der Waals surface area (Å²) in [4.78, 5) is 18.2. The average Bonchev–Trinajstić information content (AvgIpc) is 2.86. The van der Waals surface area contributed by atoms with Crippen molar-refractivity contribution in [2.75, 3.05) is 6.54 Å². The van der Waals surface area contributed by atoms with Crippen LogP contribution in [0.1, 0.15) is 44.2 Å². The zero-order valence-electron chi connectivity index (χ0n) is 10.9. The summed E-state index contributed by atoms with van der Waals surface area (Å²) in [6, 6.07) is 4.33. The van der Waals surface area contributed by atoms with Crippen LogP contribution in [0, 0.1) is 0 Å². The highest BCUT2D eigenvalue weighted by molar-refractivity contribution is 5.77. The highest BCUT2D eigenvalue weighted by atomic mass is 16.2. The van der Waals surface area contributed by atoms with Gasteiger partial charge in [-0.3, -0.25) is 9.78 Å². The maximum atomic E-state index is 12.2. The third kappa shape index (κ3) is 3.07. The van der Waals surface area contributed by atoms with Crippen LogP contribution in [0.4, 0.5) is 0 Å². The molecule has 4 nitrogen and oxygen atoms in total. The van der Waals surface area contributed by atoms with Crippen molar-refractivity contribution in [1.82, 2.24) is 9.88 Å². The number of carbonyl (C=O) groups excluding carboxylic acids is 1. The third-order valence-corrected chi connectivity index (χ3v) is 3.48. The molecule has 1 aromatic heterocycles. The summed E-state index contributed by atoms with van der Waals surface area (Å²) < 4.78 is 0. The maximum absolute atomic E-state index is 12.2. The van der Waals surface area contributed by atoms with Crippen molar-refractivity contribution >= 4 is 5.91 Å². The smallest absolute Gasteiger partial charge is 0.223 e. The van der Waals surface area contributed by atoms with E-state index in [0.717, 1.165) is 25.8 Å². The molecule has 2 N–H and O–H groups in total. The lowest BCUT2D eigenvalue weighted by molar-refractivity contribution is -0.132. The molecule has 98 valence electrons. The molecule has 1 saturated heterocycles. The number of carbonyl (C=O) groups is 1. The quantitative estimate of drug-likeness (QED) is 0.883. The minimum absolute atomic E-state index is 0.0935. The van der Waals surface area contributed by atoms with Gasteiger partial charge in [0.05, 0.1) is 6.04 Å². The van der Waals surface area contributed by atoms with Crippen LogP contribution in [0.3, 0.4) is 0 Å². The molecule has 2 heterocycles. The molecule has 2 unspecified atom stereocenters. The van der Waals surface area contributed by atoms with Crippen molar-refractivity contribution in [2.45, 2.75) is 44.7 Å². The summed E-state index contributed by atoms with van der Waals surface area (Å²) in [6.45, 7) is 2.81. The van der Waals surface area contributed by atoms with Crippen LogP contribution >= 0.6 is 0 Å². The number of likely N-dealkylation sites (tertiary alicyclic amines) is 1. The number of nitrogens with two attached hydrogens (primary N) is 1. The highest BCUT2D eigenvalue weighted by Gasteiger charge is 2.29. The number of aromatic nitrogens is 1. The van der Waals surface area contributed by atoms with Gasteiger partial charge >= 0.3 is 0 Å². The normalized spacial score (nSPS) is 21.0. The second-order valence-electron chi connectivity index (χ2n) is 5.04. The fourth-order valence-corrected chi connectivity index (χ4v) is 2.49. The molecule has 0 aliphatic carbocycles. The van der Waals surface area contributed by atoms with E-state index in [1.54, 1.807) is 12.4 Å². The first-order valence-electron chi connectivity index (χ1n) is 6.63. The van der Waals surface area contributed by atoms with Gasteiger partial charge in [0.2, 0.25) is 5.91 Å². The van der Waals surface area contributed by atoms with Gasteiger partial charge in [0.25, 0.3) is 0 Å². The molecular formula is C14H21N3O. The van der Waals surface area contributed by atoms with E-state index in [-0.39, 0.29) is 18.0 Å². The summed E-state index contributed by atoms with van der Waals surface area (Å²) in [7, 11) is 0. The lowest BCUT2D eigenvalue weighted by Gasteiger charge is -2.25. The standard InChI is InChI=1S/C14H21N3O/c1-11(15)4-5-14(18)17-10-2-3-13(17)12-6-8-16-9-7-12/h6-9,11,13H,2-5,10,15H2,1H3. The Balaban J connectivity index is 2.01. The molecule has 1 aromatic rings. The minimum atomic E-state index is 0.0935. The van der Waals surface area contributed by atoms with Crippen molar-refractivity contribution in [1.29, 1.82) is 0 Å². The molecule has 4 heteroatoms. The fraction of sp³-hybridized carbons (Fsp3) is 0.571. The largest absolute Gasteiger partial charge is 0.336 e. The fourth-order valence-electron chi connectivity index (χ4n) is 2.49. The first kappa shape index (κ1) is 13.0. The Morgan fingerprint density at radius 2 is 2.28 bits per heavy atom. The van der Waals surface area contributed by atoms with Crippen LogP contribution in [-0.4, -0.2) is 28.4 Å². The number of nitrogens with zero attached hydrogens (tertiary/aromatic N) is 2. The number of hydrogen-bond donors (Lipinski definition) is 1. The van der Waals surface area contributed by atoms with Gasteiger partial charge in [0.1, 0.15) is 0 Å². The molecular weight excluding hydrogens is 226 g/mol. The predicted octanol–water partition coefficient (Wildman–Crippen LogP) is 1.87. The van der Waals surface area contributed by atoms with E-state index in [1.807, 2.05) is 24.0 Å². The molecule has 2 rings (SSSR count). The molecule has 18 heavy (non-hydrogen) atoms. The predicted molar refractivity (Wildman–Crippen MR) is 70.8 cm³/mol. The zero-order valence-corrected chi connectivity index (χ0v) is 10.9.